The number of hydrogen-bond acceptors (Lipinski definition) is 2. The molecule has 0 bridgehead atoms. The van der Waals surface area contributed by atoms with E-state index >= 15 is 0 Å². The van der Waals surface area contributed by atoms with Gasteiger partial charge in [-0.05, 0) is 43.2 Å². The second-order valence-corrected chi connectivity index (χ2v) is 5.52. The number of anilines is 1. The lowest BCUT2D eigenvalue weighted by molar-refractivity contribution is 0.442. The molecule has 0 aliphatic heterocycles. The molecule has 1 unspecified atom stereocenters. The Morgan fingerprint density at radius 1 is 1.10 bits per heavy atom. The fraction of sp³-hybridized carbons (Fsp3) is 0.294. The monoisotopic (exact) mass is 290 g/mol. The molecular formula is C17H20F2N2. The molecule has 0 saturated heterocycles. The fourth-order valence-electron chi connectivity index (χ4n) is 2.43. The van der Waals surface area contributed by atoms with Gasteiger partial charge < -0.3 is 10.6 Å². The Labute approximate surface area is 124 Å². The van der Waals surface area contributed by atoms with Crippen LogP contribution in [0, 0.1) is 11.6 Å². The molecule has 0 spiro atoms. The van der Waals surface area contributed by atoms with Crippen molar-refractivity contribution < 1.29 is 8.78 Å². The second kappa shape index (κ2) is 6.22. The molecule has 4 heteroatoms. The van der Waals surface area contributed by atoms with Gasteiger partial charge in [-0.3, -0.25) is 0 Å². The van der Waals surface area contributed by atoms with E-state index in [1.807, 2.05) is 24.9 Å². The molecule has 2 aromatic carbocycles. The summed E-state index contributed by atoms with van der Waals surface area (Å²) >= 11 is 0. The quantitative estimate of drug-likeness (QED) is 0.915. The maximum atomic E-state index is 14.0. The first kappa shape index (κ1) is 15.4. The third-order valence-corrected chi connectivity index (χ3v) is 3.94. The summed E-state index contributed by atoms with van der Waals surface area (Å²) in [5, 5.41) is 0. The Morgan fingerprint density at radius 3 is 2.43 bits per heavy atom. The first-order chi connectivity index (χ1) is 9.96. The molecule has 0 amide bonds. The van der Waals surface area contributed by atoms with Crippen LogP contribution in [-0.2, 0) is 6.42 Å². The van der Waals surface area contributed by atoms with Crippen LogP contribution in [0.3, 0.4) is 0 Å². The van der Waals surface area contributed by atoms with Gasteiger partial charge in [-0.2, -0.15) is 0 Å². The summed E-state index contributed by atoms with van der Waals surface area (Å²) in [7, 11) is 1.81. The molecule has 0 aliphatic rings. The Kier molecular flexibility index (Phi) is 4.58. The third kappa shape index (κ3) is 3.39. The summed E-state index contributed by atoms with van der Waals surface area (Å²) in [6, 6.07) is 13.0. The minimum atomic E-state index is -0.504. The van der Waals surface area contributed by atoms with Crippen molar-refractivity contribution in [3.8, 4) is 0 Å². The standard InChI is InChI=1S/C17H20F2N2/c1-17(12-20,11-13-6-5-7-14(18)10-13)21(2)16-9-4-3-8-15(16)19/h3-10H,11-12,20H2,1-2H3. The third-order valence-electron chi connectivity index (χ3n) is 3.94. The first-order valence-electron chi connectivity index (χ1n) is 6.89. The van der Waals surface area contributed by atoms with Crippen LogP contribution in [0.25, 0.3) is 0 Å². The average Bonchev–Trinajstić information content (AvgIpc) is 2.47. The lowest BCUT2D eigenvalue weighted by Gasteiger charge is -2.40. The molecule has 2 N–H and O–H groups in total. The number of hydrogen-bond donors (Lipinski definition) is 1. The maximum Gasteiger partial charge on any atom is 0.146 e. The van der Waals surface area contributed by atoms with Gasteiger partial charge in [-0.25, -0.2) is 8.78 Å². The Bertz CT molecular complexity index is 615. The lowest BCUT2D eigenvalue weighted by Crippen LogP contribution is -2.52. The molecule has 0 aromatic heterocycles. The summed E-state index contributed by atoms with van der Waals surface area (Å²) in [5.74, 6) is -0.570. The van der Waals surface area contributed by atoms with Crippen molar-refractivity contribution in [2.75, 3.05) is 18.5 Å². The molecule has 2 aromatic rings. The highest BCUT2D eigenvalue weighted by molar-refractivity contribution is 5.50. The van der Waals surface area contributed by atoms with Gasteiger partial charge >= 0.3 is 0 Å². The van der Waals surface area contributed by atoms with Crippen molar-refractivity contribution in [3.05, 3.63) is 65.7 Å². The first-order valence-corrected chi connectivity index (χ1v) is 6.89. The van der Waals surface area contributed by atoms with Crippen molar-refractivity contribution in [2.45, 2.75) is 18.9 Å². The highest BCUT2D eigenvalue weighted by atomic mass is 19.1. The predicted molar refractivity (Wildman–Crippen MR) is 82.4 cm³/mol. The van der Waals surface area contributed by atoms with E-state index < -0.39 is 5.54 Å². The topological polar surface area (TPSA) is 29.3 Å². The molecule has 21 heavy (non-hydrogen) atoms. The van der Waals surface area contributed by atoms with Gasteiger partial charge in [0.05, 0.1) is 11.2 Å². The predicted octanol–water partition coefficient (Wildman–Crippen LogP) is 3.36. The summed E-state index contributed by atoms with van der Waals surface area (Å²) in [6.07, 6.45) is 0.534. The van der Waals surface area contributed by atoms with Crippen molar-refractivity contribution >= 4 is 5.69 Å². The Hall–Kier alpha value is -1.94. The summed E-state index contributed by atoms with van der Waals surface area (Å²) in [5.41, 5.74) is 6.75. The van der Waals surface area contributed by atoms with E-state index in [1.165, 1.54) is 18.2 Å². The number of nitrogens with zero attached hydrogens (tertiary/aromatic N) is 1. The van der Waals surface area contributed by atoms with E-state index in [2.05, 4.69) is 0 Å². The number of para-hydroxylation sites is 1. The van der Waals surface area contributed by atoms with E-state index in [0.717, 1.165) is 5.56 Å². The summed E-state index contributed by atoms with van der Waals surface area (Å²) in [6.45, 7) is 2.28. The zero-order valence-corrected chi connectivity index (χ0v) is 12.3. The largest absolute Gasteiger partial charge is 0.365 e. The van der Waals surface area contributed by atoms with Crippen molar-refractivity contribution in [3.63, 3.8) is 0 Å². The zero-order chi connectivity index (χ0) is 15.5. The highest BCUT2D eigenvalue weighted by Crippen LogP contribution is 2.27. The summed E-state index contributed by atoms with van der Waals surface area (Å²) in [4.78, 5) is 1.83. The van der Waals surface area contributed by atoms with Crippen molar-refractivity contribution in [1.82, 2.24) is 0 Å². The van der Waals surface area contributed by atoms with Crippen LogP contribution in [-0.4, -0.2) is 19.1 Å². The minimum Gasteiger partial charge on any atom is -0.365 e. The van der Waals surface area contributed by atoms with E-state index in [0.29, 0.717) is 18.7 Å². The molecule has 2 rings (SSSR count). The number of rotatable bonds is 5. The fourth-order valence-corrected chi connectivity index (χ4v) is 2.43. The lowest BCUT2D eigenvalue weighted by atomic mass is 9.90. The van der Waals surface area contributed by atoms with Crippen LogP contribution in [0.15, 0.2) is 48.5 Å². The van der Waals surface area contributed by atoms with E-state index in [1.54, 1.807) is 24.3 Å². The number of likely N-dealkylation sites (N-methyl/N-ethyl adjacent to an activating group) is 1. The smallest absolute Gasteiger partial charge is 0.146 e. The molecule has 0 saturated carbocycles. The van der Waals surface area contributed by atoms with Gasteiger partial charge in [-0.1, -0.05) is 24.3 Å². The van der Waals surface area contributed by atoms with Gasteiger partial charge in [0.15, 0.2) is 0 Å². The highest BCUT2D eigenvalue weighted by Gasteiger charge is 2.29. The molecule has 0 aliphatic carbocycles. The second-order valence-electron chi connectivity index (χ2n) is 5.52. The molecule has 2 nitrogen and oxygen atoms in total. The summed E-state index contributed by atoms with van der Waals surface area (Å²) < 4.78 is 27.3. The molecule has 1 atom stereocenters. The normalized spacial score (nSPS) is 13.8. The van der Waals surface area contributed by atoms with Crippen LogP contribution in [0.5, 0.6) is 0 Å². The Morgan fingerprint density at radius 2 is 1.81 bits per heavy atom. The van der Waals surface area contributed by atoms with E-state index in [4.69, 9.17) is 5.73 Å². The van der Waals surface area contributed by atoms with Gasteiger partial charge in [0.25, 0.3) is 0 Å². The van der Waals surface area contributed by atoms with Crippen molar-refractivity contribution in [1.29, 1.82) is 0 Å². The van der Waals surface area contributed by atoms with Crippen LogP contribution in [0.1, 0.15) is 12.5 Å². The van der Waals surface area contributed by atoms with Crippen LogP contribution in [0.2, 0.25) is 0 Å². The number of nitrogens with two attached hydrogens (primary N) is 1. The molecule has 0 heterocycles. The minimum absolute atomic E-state index is 0.277. The van der Waals surface area contributed by atoms with Gasteiger partial charge in [0.1, 0.15) is 11.6 Å². The Balaban J connectivity index is 2.30. The molecular weight excluding hydrogens is 270 g/mol. The van der Waals surface area contributed by atoms with Gasteiger partial charge in [-0.15, -0.1) is 0 Å². The van der Waals surface area contributed by atoms with Crippen LogP contribution >= 0.6 is 0 Å². The molecule has 0 fully saturated rings. The average molecular weight is 290 g/mol. The van der Waals surface area contributed by atoms with Crippen LogP contribution < -0.4 is 10.6 Å². The number of benzene rings is 2. The van der Waals surface area contributed by atoms with E-state index in [9.17, 15) is 8.78 Å². The van der Waals surface area contributed by atoms with Gasteiger partial charge in [0.2, 0.25) is 0 Å². The molecule has 112 valence electrons. The van der Waals surface area contributed by atoms with Crippen molar-refractivity contribution in [2.24, 2.45) is 5.73 Å². The zero-order valence-electron chi connectivity index (χ0n) is 12.3. The number of halogens is 2. The SMILES string of the molecule is CN(c1ccccc1F)C(C)(CN)Cc1cccc(F)c1. The van der Waals surface area contributed by atoms with Gasteiger partial charge in [0, 0.05) is 13.6 Å². The van der Waals surface area contributed by atoms with Crippen LogP contribution in [0.4, 0.5) is 14.5 Å². The van der Waals surface area contributed by atoms with E-state index in [-0.39, 0.29) is 11.6 Å². The molecule has 0 radical (unpaired) electrons. The maximum absolute atomic E-state index is 14.0.